The summed E-state index contributed by atoms with van der Waals surface area (Å²) in [5.41, 5.74) is -3.84. The lowest BCUT2D eigenvalue weighted by Crippen LogP contribution is -2.54. The van der Waals surface area contributed by atoms with E-state index in [1.165, 1.54) is 13.8 Å². The summed E-state index contributed by atoms with van der Waals surface area (Å²) in [6.07, 6.45) is -0.767. The number of carbonyl (C=O) groups is 2. The summed E-state index contributed by atoms with van der Waals surface area (Å²) in [7, 11) is 0. The second-order valence-electron chi connectivity index (χ2n) is 13.7. The van der Waals surface area contributed by atoms with Gasteiger partial charge >= 0.3 is 11.9 Å². The van der Waals surface area contributed by atoms with Crippen molar-refractivity contribution in [1.29, 1.82) is 0 Å². The molecule has 250 valence electrons. The molecule has 11 atom stereocenters. The average molecular weight is 619 g/mol. The Morgan fingerprint density at radius 3 is 1.74 bits per heavy atom. The fourth-order valence-electron chi connectivity index (χ4n) is 7.47. The number of hydroxylamine groups is 3. The summed E-state index contributed by atoms with van der Waals surface area (Å²) in [6, 6.07) is -0.400. The molecule has 0 spiro atoms. The van der Waals surface area contributed by atoms with Crippen LogP contribution in [0.25, 0.3) is 0 Å². The van der Waals surface area contributed by atoms with Crippen LogP contribution in [-0.2, 0) is 19.1 Å². The minimum absolute atomic E-state index is 0.00937. The molecule has 4 saturated heterocycles. The second-order valence-corrected chi connectivity index (χ2v) is 13.7. The van der Waals surface area contributed by atoms with Crippen LogP contribution in [0.1, 0.15) is 67.2 Å². The Kier molecular flexibility index (Phi) is 11.7. The third-order valence-electron chi connectivity index (χ3n) is 10.4. The fourth-order valence-corrected chi connectivity index (χ4v) is 7.47. The van der Waals surface area contributed by atoms with Gasteiger partial charge in [-0.1, -0.05) is 27.7 Å². The van der Waals surface area contributed by atoms with E-state index >= 15 is 0 Å². The highest BCUT2D eigenvalue weighted by Gasteiger charge is 2.53. The van der Waals surface area contributed by atoms with Crippen molar-refractivity contribution in [3.8, 4) is 0 Å². The van der Waals surface area contributed by atoms with Crippen molar-refractivity contribution in [2.45, 2.75) is 115 Å². The quantitative estimate of drug-likeness (QED) is 0.105. The number of nitrogens with zero attached hydrogens (tertiary/aromatic N) is 2. The van der Waals surface area contributed by atoms with Crippen LogP contribution in [0, 0.1) is 28.9 Å². The zero-order valence-corrected chi connectivity index (χ0v) is 26.5. The van der Waals surface area contributed by atoms with Gasteiger partial charge < -0.3 is 50.0 Å². The molecule has 0 aliphatic carbocycles. The molecular formula is C30H54N2O11. The summed E-state index contributed by atoms with van der Waals surface area (Å²) >= 11 is 0. The highest BCUT2D eigenvalue weighted by Crippen LogP contribution is 2.40. The lowest BCUT2D eigenvalue weighted by atomic mass is 9.85. The fraction of sp³-hybridized carbons (Fsp3) is 0.933. The van der Waals surface area contributed by atoms with Crippen LogP contribution in [0.2, 0.25) is 0 Å². The van der Waals surface area contributed by atoms with Crippen LogP contribution in [-0.4, -0.2) is 139 Å². The molecule has 4 fully saturated rings. The minimum Gasteiger partial charge on any atom is -0.633 e. The highest BCUT2D eigenvalue weighted by molar-refractivity contribution is 5.81. The van der Waals surface area contributed by atoms with Crippen molar-refractivity contribution in [1.82, 2.24) is 4.90 Å². The van der Waals surface area contributed by atoms with E-state index in [1.807, 2.05) is 0 Å². The Morgan fingerprint density at radius 1 is 0.791 bits per heavy atom. The van der Waals surface area contributed by atoms with Crippen molar-refractivity contribution in [3.63, 3.8) is 0 Å². The molecule has 4 rings (SSSR count). The van der Waals surface area contributed by atoms with Gasteiger partial charge in [0.1, 0.15) is 18.8 Å². The number of esters is 2. The smallest absolute Gasteiger partial charge is 0.341 e. The molecule has 13 heteroatoms. The molecule has 0 radical (unpaired) electrons. The van der Waals surface area contributed by atoms with Crippen LogP contribution in [0.3, 0.4) is 0 Å². The van der Waals surface area contributed by atoms with E-state index in [1.54, 1.807) is 27.7 Å². The molecule has 0 aromatic rings. The summed E-state index contributed by atoms with van der Waals surface area (Å²) in [6.45, 7) is 12.1. The molecule has 0 amide bonds. The molecule has 43 heavy (non-hydrogen) atoms. The molecule has 0 saturated carbocycles. The van der Waals surface area contributed by atoms with Gasteiger partial charge in [-0.2, -0.15) is 0 Å². The van der Waals surface area contributed by atoms with E-state index in [0.29, 0.717) is 25.9 Å². The number of ether oxygens (including phenoxy) is 2. The minimum atomic E-state index is -1.96. The van der Waals surface area contributed by atoms with E-state index < -0.39 is 64.0 Å². The van der Waals surface area contributed by atoms with Crippen molar-refractivity contribution in [2.24, 2.45) is 23.7 Å². The van der Waals surface area contributed by atoms with Gasteiger partial charge in [0.25, 0.3) is 0 Å². The van der Waals surface area contributed by atoms with Crippen LogP contribution in [0.15, 0.2) is 0 Å². The molecular weight excluding hydrogens is 564 g/mol. The number of aliphatic hydroxyl groups excluding tert-OH is 4. The lowest BCUT2D eigenvalue weighted by Gasteiger charge is -2.40. The van der Waals surface area contributed by atoms with E-state index in [-0.39, 0.29) is 37.2 Å². The maximum atomic E-state index is 12.5. The van der Waals surface area contributed by atoms with E-state index in [2.05, 4.69) is 4.90 Å². The molecule has 4 aliphatic rings. The van der Waals surface area contributed by atoms with Crippen LogP contribution >= 0.6 is 0 Å². The standard InChI is InChI=1S/C15H27NO6.C15H27NO5/c1-9(2)15(20,10(3)17)14(19)22-8-11-4-6-16(21)7-5-12(18)13(11)16;1-9(2)15(20,10(3)17)14(19)21-8-11-4-6-16-7-5-12(18)13(11)16/h9-13,17-18,20H,4-8H2,1-3H3;9-13,17-18,20H,4-8H2,1-3H3/t10?,11?,12-,13-,15?,16?;10?,11?,12-,13-,15?/m11/s1. The largest absolute Gasteiger partial charge is 0.633 e. The number of hydrogen-bond donors (Lipinski definition) is 6. The van der Waals surface area contributed by atoms with Crippen LogP contribution < -0.4 is 0 Å². The molecule has 0 aromatic heterocycles. The Bertz CT molecular complexity index is 944. The number of fused-ring (bicyclic) bond motifs is 2. The number of rotatable bonds is 10. The topological polar surface area (TPSA) is 200 Å². The van der Waals surface area contributed by atoms with Crippen LogP contribution in [0.5, 0.6) is 0 Å². The van der Waals surface area contributed by atoms with Gasteiger partial charge in [-0.3, -0.25) is 4.90 Å². The maximum absolute atomic E-state index is 12.5. The third kappa shape index (κ3) is 7.05. The maximum Gasteiger partial charge on any atom is 0.341 e. The van der Waals surface area contributed by atoms with Crippen molar-refractivity contribution < 1.29 is 54.3 Å². The van der Waals surface area contributed by atoms with Gasteiger partial charge in [-0.25, -0.2) is 9.59 Å². The predicted octanol–water partition coefficient (Wildman–Crippen LogP) is -0.482. The molecule has 7 unspecified atom stereocenters. The molecule has 0 bridgehead atoms. The number of aliphatic hydroxyl groups is 6. The number of hydrogen-bond acceptors (Lipinski definition) is 12. The van der Waals surface area contributed by atoms with Crippen LogP contribution in [0.4, 0.5) is 0 Å². The molecule has 4 heterocycles. The Labute approximate surface area is 254 Å². The molecule has 4 aliphatic heterocycles. The normalized spacial score (nSPS) is 36.3. The monoisotopic (exact) mass is 618 g/mol. The van der Waals surface area contributed by atoms with Gasteiger partial charge in [0.05, 0.1) is 43.9 Å². The summed E-state index contributed by atoms with van der Waals surface area (Å²) in [4.78, 5) is 26.6. The highest BCUT2D eigenvalue weighted by atomic mass is 16.6. The van der Waals surface area contributed by atoms with Crippen molar-refractivity contribution in [3.05, 3.63) is 5.21 Å². The summed E-state index contributed by atoms with van der Waals surface area (Å²) < 4.78 is 10.1. The van der Waals surface area contributed by atoms with Gasteiger partial charge in [0.15, 0.2) is 11.2 Å². The molecule has 0 aromatic carbocycles. The number of quaternary nitrogens is 1. The van der Waals surface area contributed by atoms with Gasteiger partial charge in [0.2, 0.25) is 0 Å². The zero-order chi connectivity index (χ0) is 32.5. The molecule has 6 N–H and O–H groups in total. The SMILES string of the molecule is CC(C)C(O)(C(=O)OCC1CCN2CC[C@@H](O)[C@@H]12)C(C)O.CC(C)C(O)(C(=O)OCC1CC[N+]2([O-])CC[C@@H](O)[C@@H]12)C(C)O. The second kappa shape index (κ2) is 13.9. The van der Waals surface area contributed by atoms with Gasteiger partial charge in [-0.15, -0.1) is 0 Å². The van der Waals surface area contributed by atoms with Crippen molar-refractivity contribution >= 4 is 11.9 Å². The zero-order valence-electron chi connectivity index (χ0n) is 26.5. The van der Waals surface area contributed by atoms with E-state index in [0.717, 1.165) is 25.9 Å². The van der Waals surface area contributed by atoms with E-state index in [9.17, 15) is 45.4 Å². The first-order chi connectivity index (χ1) is 19.9. The average Bonchev–Trinajstić information content (AvgIpc) is 3.68. The molecule has 13 nitrogen and oxygen atoms in total. The third-order valence-corrected chi connectivity index (χ3v) is 10.4. The summed E-state index contributed by atoms with van der Waals surface area (Å²) in [5.74, 6) is -2.71. The number of carbonyl (C=O) groups excluding carboxylic acids is 2. The first kappa shape index (κ1) is 36.1. The predicted molar refractivity (Wildman–Crippen MR) is 155 cm³/mol. The van der Waals surface area contributed by atoms with Crippen molar-refractivity contribution in [2.75, 3.05) is 39.4 Å². The Balaban J connectivity index is 0.000000236. The van der Waals surface area contributed by atoms with E-state index in [4.69, 9.17) is 9.47 Å². The van der Waals surface area contributed by atoms with Gasteiger partial charge in [-0.05, 0) is 45.1 Å². The summed E-state index contributed by atoms with van der Waals surface area (Å²) in [5, 5.41) is 72.6. The first-order valence-electron chi connectivity index (χ1n) is 15.7. The Hall–Kier alpha value is -1.42. The Morgan fingerprint density at radius 2 is 1.26 bits per heavy atom. The van der Waals surface area contributed by atoms with Gasteiger partial charge in [0, 0.05) is 31.3 Å². The lowest BCUT2D eigenvalue weighted by molar-refractivity contribution is -0.883. The first-order valence-corrected chi connectivity index (χ1v) is 15.7.